The fourth-order valence-corrected chi connectivity index (χ4v) is 2.11. The van der Waals surface area contributed by atoms with Crippen molar-refractivity contribution < 1.29 is 4.74 Å². The van der Waals surface area contributed by atoms with E-state index in [1.807, 2.05) is 0 Å². The largest absolute Gasteiger partial charge is 0.384 e. The minimum Gasteiger partial charge on any atom is -0.384 e. The van der Waals surface area contributed by atoms with Gasteiger partial charge in [-0.15, -0.1) is 0 Å². The smallest absolute Gasteiger partial charge is 0.147 e. The first-order chi connectivity index (χ1) is 7.22. The van der Waals surface area contributed by atoms with Crippen LogP contribution < -0.4 is 0 Å². The van der Waals surface area contributed by atoms with E-state index < -0.39 is 0 Å². The Labute approximate surface area is 102 Å². The van der Waals surface area contributed by atoms with Gasteiger partial charge in [-0.2, -0.15) is 0 Å². The highest BCUT2D eigenvalue weighted by Gasteiger charge is 2.29. The normalized spacial score (nSPS) is 15.7. The summed E-state index contributed by atoms with van der Waals surface area (Å²) in [7, 11) is 1.67. The standard InChI is InChI=1S/C10H12BrClN2O/c1-15-5-4-7-13-9(6-2-3-6)8(11)10(12)14-7/h6H,2-5H2,1H3. The maximum absolute atomic E-state index is 6.03. The number of rotatable bonds is 4. The van der Waals surface area contributed by atoms with Gasteiger partial charge in [0.15, 0.2) is 0 Å². The second kappa shape index (κ2) is 4.76. The molecule has 0 unspecified atom stereocenters. The number of methoxy groups -OCH3 is 1. The van der Waals surface area contributed by atoms with E-state index in [1.54, 1.807) is 7.11 Å². The molecule has 0 amide bonds. The lowest BCUT2D eigenvalue weighted by Gasteiger charge is -2.06. The molecular formula is C10H12BrClN2O. The van der Waals surface area contributed by atoms with Gasteiger partial charge in [0, 0.05) is 19.4 Å². The van der Waals surface area contributed by atoms with Crippen molar-refractivity contribution in [2.24, 2.45) is 0 Å². The van der Waals surface area contributed by atoms with Crippen LogP contribution >= 0.6 is 27.5 Å². The SMILES string of the molecule is COCCc1nc(Cl)c(Br)c(C2CC2)n1. The fraction of sp³-hybridized carbons (Fsp3) is 0.600. The van der Waals surface area contributed by atoms with Crippen molar-refractivity contribution in [2.75, 3.05) is 13.7 Å². The predicted molar refractivity (Wildman–Crippen MR) is 62.3 cm³/mol. The van der Waals surface area contributed by atoms with Crippen molar-refractivity contribution in [3.8, 4) is 0 Å². The third-order valence-corrected chi connectivity index (χ3v) is 3.66. The number of aromatic nitrogens is 2. The summed E-state index contributed by atoms with van der Waals surface area (Å²) in [5, 5.41) is 0.512. The molecule has 2 rings (SSSR count). The van der Waals surface area contributed by atoms with Gasteiger partial charge >= 0.3 is 0 Å². The van der Waals surface area contributed by atoms with Crippen LogP contribution in [0.1, 0.15) is 30.3 Å². The van der Waals surface area contributed by atoms with Gasteiger partial charge < -0.3 is 4.74 Å². The average molecular weight is 292 g/mol. The van der Waals surface area contributed by atoms with E-state index in [4.69, 9.17) is 16.3 Å². The minimum absolute atomic E-state index is 0.512. The second-order valence-corrected chi connectivity index (χ2v) is 4.80. The van der Waals surface area contributed by atoms with Crippen molar-refractivity contribution in [2.45, 2.75) is 25.2 Å². The van der Waals surface area contributed by atoms with Gasteiger partial charge in [0.05, 0.1) is 16.8 Å². The minimum atomic E-state index is 0.512. The van der Waals surface area contributed by atoms with Crippen LogP contribution in [0.4, 0.5) is 0 Å². The first-order valence-electron chi connectivity index (χ1n) is 4.93. The van der Waals surface area contributed by atoms with Crippen LogP contribution in [0.2, 0.25) is 5.15 Å². The van der Waals surface area contributed by atoms with Gasteiger partial charge in [0.1, 0.15) is 11.0 Å². The predicted octanol–water partition coefficient (Wildman–Crippen LogP) is 2.96. The lowest BCUT2D eigenvalue weighted by atomic mass is 10.3. The summed E-state index contributed by atoms with van der Waals surface area (Å²) in [6.07, 6.45) is 3.12. The van der Waals surface area contributed by atoms with Gasteiger partial charge in [0.25, 0.3) is 0 Å². The number of hydrogen-bond acceptors (Lipinski definition) is 3. The molecule has 1 saturated carbocycles. The molecule has 0 bridgehead atoms. The molecule has 1 aliphatic carbocycles. The molecule has 1 aromatic rings. The van der Waals surface area contributed by atoms with Gasteiger partial charge in [-0.25, -0.2) is 9.97 Å². The molecule has 1 fully saturated rings. The Bertz CT molecular complexity index is 369. The summed E-state index contributed by atoms with van der Waals surface area (Å²) < 4.78 is 5.85. The summed E-state index contributed by atoms with van der Waals surface area (Å²) in [6, 6.07) is 0. The summed E-state index contributed by atoms with van der Waals surface area (Å²) in [5.74, 6) is 1.34. The first-order valence-corrected chi connectivity index (χ1v) is 6.10. The molecule has 0 saturated heterocycles. The molecule has 0 atom stereocenters. The van der Waals surface area contributed by atoms with Crippen LogP contribution in [-0.4, -0.2) is 23.7 Å². The summed E-state index contributed by atoms with van der Waals surface area (Å²) in [6.45, 7) is 0.627. The number of halogens is 2. The number of ether oxygens (including phenoxy) is 1. The first kappa shape index (κ1) is 11.3. The Morgan fingerprint density at radius 3 is 2.80 bits per heavy atom. The highest BCUT2D eigenvalue weighted by Crippen LogP contribution is 2.43. The Morgan fingerprint density at radius 2 is 2.20 bits per heavy atom. The van der Waals surface area contributed by atoms with Crippen molar-refractivity contribution in [3.63, 3.8) is 0 Å². The van der Waals surface area contributed by atoms with Gasteiger partial charge in [-0.3, -0.25) is 0 Å². The molecule has 1 heterocycles. The van der Waals surface area contributed by atoms with E-state index in [-0.39, 0.29) is 0 Å². The van der Waals surface area contributed by atoms with E-state index in [2.05, 4.69) is 25.9 Å². The Kier molecular flexibility index (Phi) is 3.59. The lowest BCUT2D eigenvalue weighted by molar-refractivity contribution is 0.200. The zero-order valence-electron chi connectivity index (χ0n) is 8.46. The molecule has 3 nitrogen and oxygen atoms in total. The zero-order chi connectivity index (χ0) is 10.8. The van der Waals surface area contributed by atoms with Crippen molar-refractivity contribution >= 4 is 27.5 Å². The lowest BCUT2D eigenvalue weighted by Crippen LogP contribution is -2.04. The van der Waals surface area contributed by atoms with Crippen LogP contribution in [0.3, 0.4) is 0 Å². The van der Waals surface area contributed by atoms with E-state index in [9.17, 15) is 0 Å². The molecule has 1 aliphatic rings. The number of hydrogen-bond donors (Lipinski definition) is 0. The monoisotopic (exact) mass is 290 g/mol. The fourth-order valence-electron chi connectivity index (χ4n) is 1.41. The Balaban J connectivity index is 2.24. The molecule has 0 spiro atoms. The summed E-state index contributed by atoms with van der Waals surface area (Å²) in [4.78, 5) is 8.72. The zero-order valence-corrected chi connectivity index (χ0v) is 10.8. The molecule has 5 heteroatoms. The molecule has 82 valence electrons. The van der Waals surface area contributed by atoms with Crippen LogP contribution in [0.25, 0.3) is 0 Å². The van der Waals surface area contributed by atoms with Crippen molar-refractivity contribution in [3.05, 3.63) is 21.1 Å². The Morgan fingerprint density at radius 1 is 1.47 bits per heavy atom. The van der Waals surface area contributed by atoms with Crippen molar-refractivity contribution in [1.82, 2.24) is 9.97 Å². The van der Waals surface area contributed by atoms with Crippen LogP contribution in [0, 0.1) is 0 Å². The van der Waals surface area contributed by atoms with E-state index >= 15 is 0 Å². The molecule has 1 aromatic heterocycles. The quantitative estimate of drug-likeness (QED) is 0.800. The Hall–Kier alpha value is -0.190. The third-order valence-electron chi connectivity index (χ3n) is 2.38. The van der Waals surface area contributed by atoms with Crippen LogP contribution in [0.5, 0.6) is 0 Å². The van der Waals surface area contributed by atoms with E-state index in [1.165, 1.54) is 12.8 Å². The van der Waals surface area contributed by atoms with Crippen LogP contribution in [0.15, 0.2) is 4.47 Å². The molecule has 0 radical (unpaired) electrons. The molecule has 15 heavy (non-hydrogen) atoms. The molecular weight excluding hydrogens is 279 g/mol. The maximum Gasteiger partial charge on any atom is 0.147 e. The summed E-state index contributed by atoms with van der Waals surface area (Å²) >= 11 is 9.47. The molecule has 0 aromatic carbocycles. The van der Waals surface area contributed by atoms with E-state index in [0.717, 1.165) is 16.0 Å². The highest BCUT2D eigenvalue weighted by atomic mass is 79.9. The second-order valence-electron chi connectivity index (χ2n) is 3.65. The van der Waals surface area contributed by atoms with Crippen LogP contribution in [-0.2, 0) is 11.2 Å². The van der Waals surface area contributed by atoms with Gasteiger partial charge in [-0.1, -0.05) is 11.6 Å². The highest BCUT2D eigenvalue weighted by molar-refractivity contribution is 9.10. The molecule has 0 aliphatic heterocycles. The maximum atomic E-state index is 6.03. The third kappa shape index (κ3) is 2.68. The summed E-state index contributed by atoms with van der Waals surface area (Å²) in [5.41, 5.74) is 1.06. The average Bonchev–Trinajstić information content (AvgIpc) is 3.03. The molecule has 0 N–H and O–H groups in total. The van der Waals surface area contributed by atoms with Crippen molar-refractivity contribution in [1.29, 1.82) is 0 Å². The van der Waals surface area contributed by atoms with Gasteiger partial charge in [0.2, 0.25) is 0 Å². The topological polar surface area (TPSA) is 35.0 Å². The van der Waals surface area contributed by atoms with E-state index in [0.29, 0.717) is 24.1 Å². The van der Waals surface area contributed by atoms with Gasteiger partial charge in [-0.05, 0) is 28.8 Å². The number of nitrogens with zero attached hydrogens (tertiary/aromatic N) is 2.